The van der Waals surface area contributed by atoms with Gasteiger partial charge in [-0.05, 0) is 204 Å². The highest BCUT2D eigenvalue weighted by molar-refractivity contribution is 7.92. The van der Waals surface area contributed by atoms with Crippen LogP contribution in [0.1, 0.15) is 131 Å². The molecule has 12 aromatic rings. The van der Waals surface area contributed by atoms with Crippen molar-refractivity contribution in [3.63, 3.8) is 0 Å². The summed E-state index contributed by atoms with van der Waals surface area (Å²) < 4.78 is 142. The van der Waals surface area contributed by atoms with E-state index >= 15 is 8.78 Å². The van der Waals surface area contributed by atoms with Crippen molar-refractivity contribution in [1.82, 2.24) is 16.0 Å². The Bertz CT molecular complexity index is 5560. The number of carbonyl (C=O) groups is 4. The smallest absolute Gasteiger partial charge is 0.465 e. The van der Waals surface area contributed by atoms with E-state index in [2.05, 4.69) is 26.6 Å². The number of sulfonamides is 1. The van der Waals surface area contributed by atoms with Gasteiger partial charge in [0.15, 0.2) is 0 Å². The second-order valence-electron chi connectivity index (χ2n) is 27.7. The first-order valence-corrected chi connectivity index (χ1v) is 37.5. The molecule has 3 aromatic heterocycles. The van der Waals surface area contributed by atoms with Gasteiger partial charge in [0.2, 0.25) is 10.0 Å². The van der Waals surface area contributed by atoms with E-state index in [0.717, 1.165) is 66.6 Å². The lowest BCUT2D eigenvalue weighted by molar-refractivity contribution is 0.0601. The van der Waals surface area contributed by atoms with Gasteiger partial charge in [-0.15, -0.1) is 0 Å². The highest BCUT2D eigenvalue weighted by atomic mass is 32.2. The van der Waals surface area contributed by atoms with Crippen molar-refractivity contribution in [2.45, 2.75) is 75.9 Å². The maximum absolute atomic E-state index is 16.8. The number of halogens is 5. The third kappa shape index (κ3) is 15.0. The number of rotatable bonds is 27. The Morgan fingerprint density at radius 2 is 0.845 bits per heavy atom. The number of ether oxygens (including phenoxy) is 1. The minimum atomic E-state index is -4.24. The molecular weight excluding hydrogens is 1440 g/mol. The Morgan fingerprint density at radius 3 is 1.21 bits per heavy atom. The van der Waals surface area contributed by atoms with Crippen LogP contribution in [-0.4, -0.2) is 98.0 Å². The van der Waals surface area contributed by atoms with Gasteiger partial charge < -0.3 is 63.8 Å². The van der Waals surface area contributed by atoms with E-state index in [0.29, 0.717) is 84.9 Å². The van der Waals surface area contributed by atoms with Crippen LogP contribution in [0.4, 0.5) is 39.0 Å². The molecule has 0 bridgehead atoms. The zero-order valence-corrected chi connectivity index (χ0v) is 60.8. The highest BCUT2D eigenvalue weighted by Gasteiger charge is 2.40. The monoisotopic (exact) mass is 1510 g/mol. The Hall–Kier alpha value is -11.5. The fourth-order valence-electron chi connectivity index (χ4n) is 14.1. The van der Waals surface area contributed by atoms with Gasteiger partial charge in [0.1, 0.15) is 63.1 Å². The van der Waals surface area contributed by atoms with Crippen molar-refractivity contribution in [3.05, 3.63) is 249 Å². The molecule has 7 N–H and O–H groups in total. The first-order valence-electron chi connectivity index (χ1n) is 35.6. The van der Waals surface area contributed by atoms with Gasteiger partial charge in [0.25, 0.3) is 17.7 Å². The Balaban J connectivity index is 0.741. The zero-order chi connectivity index (χ0) is 77.1. The molecule has 29 heteroatoms. The number of esters is 1. The fraction of sp³-hybridized carbons (Fsp3) is 0.210. The van der Waals surface area contributed by atoms with Gasteiger partial charge in [-0.1, -0.05) is 36.4 Å². The number of methoxy groups -OCH3 is 1. The minimum Gasteiger partial charge on any atom is -0.465 e. The predicted molar refractivity (Wildman–Crippen MR) is 410 cm³/mol. The Labute approximate surface area is 628 Å². The summed E-state index contributed by atoms with van der Waals surface area (Å²) in [5.74, 6) is -5.00. The molecule has 3 heterocycles. The summed E-state index contributed by atoms with van der Waals surface area (Å²) in [6, 6.07) is 38.9. The van der Waals surface area contributed by atoms with E-state index in [1.807, 2.05) is 12.1 Å². The third-order valence-electron chi connectivity index (χ3n) is 20.2. The van der Waals surface area contributed by atoms with Crippen molar-refractivity contribution in [1.29, 1.82) is 0 Å². The molecule has 20 nitrogen and oxygen atoms in total. The normalized spacial score (nSPS) is 13.5. The maximum atomic E-state index is 16.8. The fourth-order valence-corrected chi connectivity index (χ4v) is 15.0. The molecule has 3 aliphatic rings. The number of anilines is 3. The number of fused-ring (bicyclic) bond motifs is 3. The molecule has 110 heavy (non-hydrogen) atoms. The number of nitrogens with one attached hydrogen (secondary N) is 5. The van der Waals surface area contributed by atoms with Crippen molar-refractivity contribution < 1.29 is 86.7 Å². The summed E-state index contributed by atoms with van der Waals surface area (Å²) in [7, 11) is -5.31. The van der Waals surface area contributed by atoms with Crippen LogP contribution in [-0.2, 0) is 43.5 Å². The standard InChI is InChI=1S/C81H70B3F5N6O14S/c1-90-78(96)72-58-33-54(45-9-10-45)66(36-69(58)105-75(72)48-15-21-51(85)22-16-48)93-39-42-6-28-62(64(88)31-42)82(100)108-84(109-83(101)63-29-7-43(32-65(63)89)40-94-67-37-70-59(34-55(67)46-11-12-46)73(79(97)91-2)76(106-70)49-17-23-52(86)24-18-49)61-27-8-44(30-57(61)81(99)104-4)41-95(110(5,102)103)68-38-71-60(35-56(68)47-13-14-47)74(80(98)92-3)77(107-71)50-19-25-53(87)26-20-50/h6-8,15-38,45-47,93-94,100-101H,9-14,39-41H2,1-5H3,(H,90,96)(H,91,97)(H,92,98). The summed E-state index contributed by atoms with van der Waals surface area (Å²) >= 11 is 0. The van der Waals surface area contributed by atoms with Crippen LogP contribution >= 0.6 is 0 Å². The molecule has 0 spiro atoms. The van der Waals surface area contributed by atoms with E-state index in [4.69, 9.17) is 27.1 Å². The maximum Gasteiger partial charge on any atom is 0.480 e. The average Bonchev–Trinajstić information content (AvgIpc) is 1.59. The summed E-state index contributed by atoms with van der Waals surface area (Å²) in [5, 5.41) is 40.4. The van der Waals surface area contributed by atoms with Crippen LogP contribution < -0.4 is 47.3 Å². The first kappa shape index (κ1) is 74.0. The quantitative estimate of drug-likeness (QED) is 0.0143. The molecule has 9 aromatic carbocycles. The van der Waals surface area contributed by atoms with Crippen LogP contribution in [0.5, 0.6) is 0 Å². The number of benzene rings is 9. The van der Waals surface area contributed by atoms with E-state index in [1.165, 1.54) is 142 Å². The van der Waals surface area contributed by atoms with E-state index in [9.17, 15) is 50.8 Å². The van der Waals surface area contributed by atoms with Crippen molar-refractivity contribution in [2.24, 2.45) is 0 Å². The number of hydrogen-bond acceptors (Lipinski definition) is 16. The van der Waals surface area contributed by atoms with Crippen LogP contribution in [0.25, 0.3) is 66.9 Å². The van der Waals surface area contributed by atoms with Gasteiger partial charge in [-0.2, -0.15) is 0 Å². The van der Waals surface area contributed by atoms with Gasteiger partial charge >= 0.3 is 27.3 Å². The SMILES string of the molecule is CNC(=O)c1c(-c2ccc(F)cc2)oc2cc(NCc3ccc(B(O)OB(OB(O)c4ccc(CNc5cc6oc(-c7ccc(F)cc7)c(C(=O)NC)c6cc5C5CC5)cc4F)c4ccc(CN(c5cc6oc(-c7ccc(F)cc7)c(C(=O)NC)c6cc5C5CC5)S(C)(=O)=O)cc4C(=O)OC)c(F)c3)c(C3CC3)cc12. The molecule has 0 aliphatic heterocycles. The molecule has 3 fully saturated rings. The zero-order valence-electron chi connectivity index (χ0n) is 60.0. The Kier molecular flexibility index (Phi) is 20.3. The molecule has 0 atom stereocenters. The van der Waals surface area contributed by atoms with Crippen LogP contribution in [0, 0.1) is 29.1 Å². The number of carbonyl (C=O) groups excluding carboxylic acids is 4. The molecule has 15 rings (SSSR count). The van der Waals surface area contributed by atoms with Crippen molar-refractivity contribution >= 4 is 121 Å². The lowest BCUT2D eigenvalue weighted by atomic mass is 9.65. The second-order valence-corrected chi connectivity index (χ2v) is 29.6. The number of nitrogens with zero attached hydrogens (tertiary/aromatic N) is 1. The van der Waals surface area contributed by atoms with Gasteiger partial charge in [-0.3, -0.25) is 18.7 Å². The summed E-state index contributed by atoms with van der Waals surface area (Å²) in [5.41, 5.74) is 6.24. The molecule has 3 aliphatic carbocycles. The molecule has 3 amide bonds. The average molecular weight is 1510 g/mol. The minimum absolute atomic E-state index is 0.0394. The highest BCUT2D eigenvalue weighted by Crippen LogP contribution is 2.51. The van der Waals surface area contributed by atoms with Gasteiger partial charge in [0.05, 0.1) is 47.9 Å². The number of furan rings is 3. The topological polar surface area (TPSA) is 273 Å². The first-order chi connectivity index (χ1) is 52.9. The van der Waals surface area contributed by atoms with Gasteiger partial charge in [-0.25, -0.2) is 35.2 Å². The second kappa shape index (κ2) is 30.2. The molecule has 0 radical (unpaired) electrons. The largest absolute Gasteiger partial charge is 0.480 e. The molecule has 0 saturated heterocycles. The third-order valence-corrected chi connectivity index (χ3v) is 21.3. The number of amides is 3. The van der Waals surface area contributed by atoms with Gasteiger partial charge in [0, 0.05) is 108 Å². The van der Waals surface area contributed by atoms with E-state index in [-0.39, 0.29) is 92.7 Å². The lowest BCUT2D eigenvalue weighted by Crippen LogP contribution is -2.53. The van der Waals surface area contributed by atoms with E-state index < -0.39 is 102 Å². The molecule has 558 valence electrons. The van der Waals surface area contributed by atoms with Crippen LogP contribution in [0.15, 0.2) is 177 Å². The van der Waals surface area contributed by atoms with Crippen molar-refractivity contribution in [3.8, 4) is 34.0 Å². The van der Waals surface area contributed by atoms with E-state index in [1.54, 1.807) is 18.2 Å². The lowest BCUT2D eigenvalue weighted by Gasteiger charge is -2.26. The predicted octanol–water partition coefficient (Wildman–Crippen LogP) is 12.8. The summed E-state index contributed by atoms with van der Waals surface area (Å²) in [6.45, 7) is -0.360. The molecule has 0 unspecified atom stereocenters. The van der Waals surface area contributed by atoms with Crippen molar-refractivity contribution in [2.75, 3.05) is 49.4 Å². The molecular formula is C81H70B3F5N6O14S. The Morgan fingerprint density at radius 1 is 0.482 bits per heavy atom. The summed E-state index contributed by atoms with van der Waals surface area (Å²) in [6.07, 6.45) is 5.84. The van der Waals surface area contributed by atoms with Crippen LogP contribution in [0.3, 0.4) is 0 Å². The summed E-state index contributed by atoms with van der Waals surface area (Å²) in [4.78, 5) is 54.7. The number of hydrogen-bond donors (Lipinski definition) is 7. The molecule has 3 saturated carbocycles. The van der Waals surface area contributed by atoms with Crippen LogP contribution in [0.2, 0.25) is 0 Å².